The van der Waals surface area contributed by atoms with Crippen LogP contribution in [0.25, 0.3) is 55.3 Å². The molecule has 0 aliphatic carbocycles. The molecule has 7 rings (SSSR count). The molecular formula is C36H31BO3. The van der Waals surface area contributed by atoms with Crippen molar-refractivity contribution in [2.45, 2.75) is 38.9 Å². The number of hydrogen-bond acceptors (Lipinski definition) is 3. The average molecular weight is 522 g/mol. The highest BCUT2D eigenvalue weighted by Crippen LogP contribution is 2.37. The Hall–Kier alpha value is -4.12. The van der Waals surface area contributed by atoms with Crippen LogP contribution in [-0.4, -0.2) is 18.3 Å². The Kier molecular flexibility index (Phi) is 5.74. The van der Waals surface area contributed by atoms with Crippen LogP contribution >= 0.6 is 0 Å². The fourth-order valence-electron chi connectivity index (χ4n) is 5.45. The lowest BCUT2D eigenvalue weighted by Crippen LogP contribution is -2.41. The molecule has 4 heteroatoms. The number of furan rings is 1. The van der Waals surface area contributed by atoms with Gasteiger partial charge in [0.05, 0.1) is 11.2 Å². The van der Waals surface area contributed by atoms with E-state index in [2.05, 4.69) is 131 Å². The average Bonchev–Trinajstić information content (AvgIpc) is 3.45. The van der Waals surface area contributed by atoms with Crippen molar-refractivity contribution in [3.8, 4) is 33.4 Å². The molecule has 5 aromatic carbocycles. The Morgan fingerprint density at radius 1 is 0.450 bits per heavy atom. The Labute approximate surface area is 235 Å². The van der Waals surface area contributed by atoms with E-state index in [1.807, 2.05) is 12.1 Å². The second-order valence-corrected chi connectivity index (χ2v) is 11.7. The normalized spacial score (nSPS) is 16.1. The number of hydrogen-bond donors (Lipinski definition) is 0. The molecule has 0 radical (unpaired) electrons. The van der Waals surface area contributed by atoms with Crippen LogP contribution in [0, 0.1) is 0 Å². The van der Waals surface area contributed by atoms with Crippen LogP contribution < -0.4 is 5.46 Å². The number of benzene rings is 5. The van der Waals surface area contributed by atoms with Gasteiger partial charge in [-0.15, -0.1) is 0 Å². The van der Waals surface area contributed by atoms with E-state index >= 15 is 0 Å². The summed E-state index contributed by atoms with van der Waals surface area (Å²) in [6.45, 7) is 8.33. The smallest absolute Gasteiger partial charge is 0.456 e. The minimum absolute atomic E-state index is 0.347. The van der Waals surface area contributed by atoms with Crippen LogP contribution in [0.2, 0.25) is 0 Å². The molecule has 3 nitrogen and oxygen atoms in total. The Bertz CT molecular complexity index is 1830. The van der Waals surface area contributed by atoms with E-state index in [1.54, 1.807) is 0 Å². The molecule has 0 atom stereocenters. The Morgan fingerprint density at radius 2 is 0.950 bits per heavy atom. The third-order valence-corrected chi connectivity index (χ3v) is 8.56. The van der Waals surface area contributed by atoms with E-state index in [1.165, 1.54) is 33.4 Å². The maximum Gasteiger partial charge on any atom is 0.494 e. The minimum atomic E-state index is -0.350. The first-order chi connectivity index (χ1) is 19.3. The zero-order chi connectivity index (χ0) is 27.5. The molecule has 2 heterocycles. The van der Waals surface area contributed by atoms with Crippen molar-refractivity contribution < 1.29 is 13.7 Å². The summed E-state index contributed by atoms with van der Waals surface area (Å²) in [6, 6.07) is 40.7. The molecule has 40 heavy (non-hydrogen) atoms. The second-order valence-electron chi connectivity index (χ2n) is 11.7. The summed E-state index contributed by atoms with van der Waals surface area (Å²) in [7, 11) is -0.350. The van der Waals surface area contributed by atoms with Crippen molar-refractivity contribution in [2.24, 2.45) is 0 Å². The molecule has 1 aromatic heterocycles. The first-order valence-electron chi connectivity index (χ1n) is 13.9. The van der Waals surface area contributed by atoms with Gasteiger partial charge in [0.15, 0.2) is 0 Å². The van der Waals surface area contributed by atoms with E-state index in [-0.39, 0.29) is 18.3 Å². The molecule has 1 fully saturated rings. The number of para-hydroxylation sites is 1. The summed E-state index contributed by atoms with van der Waals surface area (Å²) in [5.41, 5.74) is 9.28. The van der Waals surface area contributed by atoms with Gasteiger partial charge in [-0.2, -0.15) is 0 Å². The lowest BCUT2D eigenvalue weighted by atomic mass is 9.78. The van der Waals surface area contributed by atoms with Crippen molar-refractivity contribution in [1.29, 1.82) is 0 Å². The molecule has 0 unspecified atom stereocenters. The standard InChI is InChI=1S/C36H31BO3/c1-35(2)36(3,4)40-37(39-35)30-19-16-26(17-20-30)28-9-7-8-27(22-28)24-12-14-25(15-13-24)29-18-21-34-32(23-29)31-10-5-6-11-33(31)38-34/h5-23H,1-4H3. The molecule has 6 aromatic rings. The van der Waals surface area contributed by atoms with Gasteiger partial charge in [0.1, 0.15) is 11.2 Å². The van der Waals surface area contributed by atoms with Crippen LogP contribution in [-0.2, 0) is 9.31 Å². The highest BCUT2D eigenvalue weighted by atomic mass is 16.7. The fourth-order valence-corrected chi connectivity index (χ4v) is 5.45. The van der Waals surface area contributed by atoms with Crippen LogP contribution in [0.15, 0.2) is 120 Å². The van der Waals surface area contributed by atoms with Gasteiger partial charge in [-0.05, 0) is 90.8 Å². The zero-order valence-corrected chi connectivity index (χ0v) is 23.3. The molecule has 0 amide bonds. The van der Waals surface area contributed by atoms with E-state index in [0.29, 0.717) is 0 Å². The molecular weight excluding hydrogens is 491 g/mol. The molecule has 1 aliphatic heterocycles. The molecule has 0 saturated carbocycles. The quantitative estimate of drug-likeness (QED) is 0.217. The maximum atomic E-state index is 6.22. The second kappa shape index (κ2) is 9.23. The largest absolute Gasteiger partial charge is 0.494 e. The van der Waals surface area contributed by atoms with Crippen molar-refractivity contribution in [3.63, 3.8) is 0 Å². The van der Waals surface area contributed by atoms with Crippen molar-refractivity contribution in [1.82, 2.24) is 0 Å². The van der Waals surface area contributed by atoms with Crippen LogP contribution in [0.4, 0.5) is 0 Å². The topological polar surface area (TPSA) is 31.6 Å². The Morgan fingerprint density at radius 3 is 1.57 bits per heavy atom. The SMILES string of the molecule is CC1(C)OB(c2ccc(-c3cccc(-c4ccc(-c5ccc6oc7ccccc7c6c5)cc4)c3)cc2)OC1(C)C. The fraction of sp³-hybridized carbons (Fsp3) is 0.167. The van der Waals surface area contributed by atoms with Gasteiger partial charge in [0, 0.05) is 10.8 Å². The van der Waals surface area contributed by atoms with E-state index in [0.717, 1.165) is 27.4 Å². The summed E-state index contributed by atoms with van der Waals surface area (Å²) in [4.78, 5) is 0. The number of rotatable bonds is 4. The monoisotopic (exact) mass is 522 g/mol. The summed E-state index contributed by atoms with van der Waals surface area (Å²) in [6.07, 6.45) is 0. The van der Waals surface area contributed by atoms with Crippen LogP contribution in [0.3, 0.4) is 0 Å². The molecule has 0 N–H and O–H groups in total. The van der Waals surface area contributed by atoms with E-state index in [4.69, 9.17) is 13.7 Å². The molecule has 0 spiro atoms. The number of fused-ring (bicyclic) bond motifs is 3. The van der Waals surface area contributed by atoms with Gasteiger partial charge in [0.25, 0.3) is 0 Å². The summed E-state index contributed by atoms with van der Waals surface area (Å²) in [5, 5.41) is 2.30. The predicted octanol–water partition coefficient (Wildman–Crippen LogP) is 8.89. The maximum absolute atomic E-state index is 6.22. The summed E-state index contributed by atoms with van der Waals surface area (Å²) < 4.78 is 18.5. The van der Waals surface area contributed by atoms with Gasteiger partial charge >= 0.3 is 7.12 Å². The van der Waals surface area contributed by atoms with Crippen LogP contribution in [0.5, 0.6) is 0 Å². The molecule has 1 aliphatic rings. The third-order valence-electron chi connectivity index (χ3n) is 8.56. The van der Waals surface area contributed by atoms with Gasteiger partial charge in [-0.25, -0.2) is 0 Å². The van der Waals surface area contributed by atoms with Gasteiger partial charge < -0.3 is 13.7 Å². The highest BCUT2D eigenvalue weighted by molar-refractivity contribution is 6.62. The third kappa shape index (κ3) is 4.25. The van der Waals surface area contributed by atoms with Crippen LogP contribution in [0.1, 0.15) is 27.7 Å². The van der Waals surface area contributed by atoms with E-state index < -0.39 is 0 Å². The molecule has 0 bridgehead atoms. The molecule has 196 valence electrons. The van der Waals surface area contributed by atoms with Crippen molar-refractivity contribution in [2.75, 3.05) is 0 Å². The van der Waals surface area contributed by atoms with Gasteiger partial charge in [-0.1, -0.05) is 91.0 Å². The van der Waals surface area contributed by atoms with Crippen molar-refractivity contribution >= 4 is 34.5 Å². The molecule has 1 saturated heterocycles. The van der Waals surface area contributed by atoms with Gasteiger partial charge in [-0.3, -0.25) is 0 Å². The lowest BCUT2D eigenvalue weighted by molar-refractivity contribution is 0.00578. The first-order valence-corrected chi connectivity index (χ1v) is 13.9. The van der Waals surface area contributed by atoms with E-state index in [9.17, 15) is 0 Å². The van der Waals surface area contributed by atoms with Crippen molar-refractivity contribution in [3.05, 3.63) is 115 Å². The highest BCUT2D eigenvalue weighted by Gasteiger charge is 2.51. The summed E-state index contributed by atoms with van der Waals surface area (Å²) in [5.74, 6) is 0. The zero-order valence-electron chi connectivity index (χ0n) is 23.3. The summed E-state index contributed by atoms with van der Waals surface area (Å²) >= 11 is 0. The minimum Gasteiger partial charge on any atom is -0.456 e. The first kappa shape index (κ1) is 24.9. The predicted molar refractivity (Wildman–Crippen MR) is 166 cm³/mol. The lowest BCUT2D eigenvalue weighted by Gasteiger charge is -2.32. The Balaban J connectivity index is 1.13. The van der Waals surface area contributed by atoms with Gasteiger partial charge in [0.2, 0.25) is 0 Å².